The Morgan fingerprint density at radius 2 is 1.83 bits per heavy atom. The van der Waals surface area contributed by atoms with Crippen LogP contribution in [0.4, 0.5) is 0 Å². The number of benzene rings is 2. The first-order valence-corrected chi connectivity index (χ1v) is 10.2. The second-order valence-electron chi connectivity index (χ2n) is 6.38. The molecule has 156 valence electrons. The maximum atomic E-state index is 13.0. The summed E-state index contributed by atoms with van der Waals surface area (Å²) in [5.74, 6) is 2.69. The fraction of sp³-hybridized carbons (Fsp3) is 0.238. The lowest BCUT2D eigenvalue weighted by molar-refractivity contribution is -0.122. The van der Waals surface area contributed by atoms with Crippen LogP contribution in [0.3, 0.4) is 0 Å². The Morgan fingerprint density at radius 1 is 1.07 bits per heavy atom. The highest BCUT2D eigenvalue weighted by Gasteiger charge is 2.33. The van der Waals surface area contributed by atoms with Crippen molar-refractivity contribution in [2.45, 2.75) is 6.54 Å². The first-order valence-electron chi connectivity index (χ1n) is 8.98. The Bertz CT molecular complexity index is 1050. The van der Waals surface area contributed by atoms with E-state index in [-0.39, 0.29) is 12.7 Å². The average molecular weight is 446 g/mol. The normalized spacial score (nSPS) is 16.4. The summed E-state index contributed by atoms with van der Waals surface area (Å²) in [6.07, 6.45) is 1.75. The van der Waals surface area contributed by atoms with Crippen molar-refractivity contribution in [2.24, 2.45) is 0 Å². The van der Waals surface area contributed by atoms with Crippen LogP contribution >= 0.6 is 24.0 Å². The molecular weight excluding hydrogens is 426 g/mol. The molecule has 2 aromatic carbocycles. The van der Waals surface area contributed by atoms with E-state index < -0.39 is 0 Å². The zero-order valence-electron chi connectivity index (χ0n) is 16.6. The van der Waals surface area contributed by atoms with Crippen LogP contribution in [0.5, 0.6) is 28.7 Å². The lowest BCUT2D eigenvalue weighted by Crippen LogP contribution is -2.27. The molecule has 7 nitrogen and oxygen atoms in total. The van der Waals surface area contributed by atoms with Gasteiger partial charge in [0.2, 0.25) is 12.5 Å². The Hall–Kier alpha value is -2.91. The van der Waals surface area contributed by atoms with Crippen molar-refractivity contribution in [1.82, 2.24) is 4.90 Å². The molecule has 9 heteroatoms. The van der Waals surface area contributed by atoms with E-state index in [0.717, 1.165) is 5.56 Å². The molecule has 0 saturated carbocycles. The molecule has 0 spiro atoms. The number of hydrogen-bond acceptors (Lipinski definition) is 8. The number of thioether (sulfide) groups is 1. The number of carbonyl (C=O) groups is 1. The molecule has 0 radical (unpaired) electrons. The molecule has 2 aromatic rings. The van der Waals surface area contributed by atoms with Crippen LogP contribution < -0.4 is 23.7 Å². The Labute approximate surface area is 183 Å². The van der Waals surface area contributed by atoms with Crippen molar-refractivity contribution in [1.29, 1.82) is 0 Å². The van der Waals surface area contributed by atoms with Gasteiger partial charge in [-0.05, 0) is 35.9 Å². The Morgan fingerprint density at radius 3 is 2.57 bits per heavy atom. The second-order valence-corrected chi connectivity index (χ2v) is 8.05. The number of rotatable bonds is 6. The summed E-state index contributed by atoms with van der Waals surface area (Å²) in [4.78, 5) is 15.1. The Balaban J connectivity index is 1.60. The largest absolute Gasteiger partial charge is 0.493 e. The first kappa shape index (κ1) is 20.4. The van der Waals surface area contributed by atoms with Crippen LogP contribution in [-0.4, -0.2) is 43.2 Å². The molecule has 0 aromatic heterocycles. The third kappa shape index (κ3) is 3.66. The molecule has 0 unspecified atom stereocenters. The summed E-state index contributed by atoms with van der Waals surface area (Å²) in [6.45, 7) is 0.553. The van der Waals surface area contributed by atoms with Gasteiger partial charge in [0.25, 0.3) is 5.91 Å². The van der Waals surface area contributed by atoms with Gasteiger partial charge in [-0.2, -0.15) is 0 Å². The van der Waals surface area contributed by atoms with Crippen LogP contribution in [0.2, 0.25) is 0 Å². The predicted octanol–water partition coefficient (Wildman–Crippen LogP) is 3.84. The van der Waals surface area contributed by atoms with E-state index in [1.807, 2.05) is 24.3 Å². The van der Waals surface area contributed by atoms with Crippen LogP contribution in [0.25, 0.3) is 6.08 Å². The molecule has 1 amide bonds. The number of carbonyl (C=O) groups excluding carboxylic acids is 1. The number of ether oxygens (including phenoxy) is 5. The summed E-state index contributed by atoms with van der Waals surface area (Å²) in [7, 11) is 4.63. The van der Waals surface area contributed by atoms with Gasteiger partial charge < -0.3 is 23.7 Å². The van der Waals surface area contributed by atoms with Gasteiger partial charge in [0.05, 0.1) is 32.8 Å². The third-order valence-electron chi connectivity index (χ3n) is 4.67. The maximum absolute atomic E-state index is 13.0. The van der Waals surface area contributed by atoms with Gasteiger partial charge in [0.1, 0.15) is 4.32 Å². The van der Waals surface area contributed by atoms with Gasteiger partial charge >= 0.3 is 0 Å². The number of hydrogen-bond donors (Lipinski definition) is 0. The van der Waals surface area contributed by atoms with Crippen molar-refractivity contribution >= 4 is 40.3 Å². The van der Waals surface area contributed by atoms with Gasteiger partial charge in [-0.25, -0.2) is 0 Å². The molecular formula is C21H19NO6S2. The van der Waals surface area contributed by atoms with Gasteiger partial charge in [-0.15, -0.1) is 0 Å². The SMILES string of the molecule is COc1ccc(C=C2SC(=S)N(Cc3ccc4c(c3)OCO4)C2=O)c(OC)c1OC. The third-order valence-corrected chi connectivity index (χ3v) is 6.05. The monoisotopic (exact) mass is 445 g/mol. The van der Waals surface area contributed by atoms with Crippen LogP contribution in [-0.2, 0) is 11.3 Å². The zero-order valence-corrected chi connectivity index (χ0v) is 18.2. The molecule has 30 heavy (non-hydrogen) atoms. The highest BCUT2D eigenvalue weighted by Crippen LogP contribution is 2.42. The first-order chi connectivity index (χ1) is 14.5. The number of thiocarbonyl (C=S) groups is 1. The zero-order chi connectivity index (χ0) is 21.3. The second kappa shape index (κ2) is 8.45. The average Bonchev–Trinajstić information content (AvgIpc) is 3.32. The minimum Gasteiger partial charge on any atom is -0.493 e. The van der Waals surface area contributed by atoms with Gasteiger partial charge in [0.15, 0.2) is 23.0 Å². The number of amides is 1. The van der Waals surface area contributed by atoms with Crippen molar-refractivity contribution in [3.05, 3.63) is 46.4 Å². The number of methoxy groups -OCH3 is 3. The van der Waals surface area contributed by atoms with E-state index in [1.54, 1.807) is 31.3 Å². The minimum absolute atomic E-state index is 0.167. The van der Waals surface area contributed by atoms with Crippen LogP contribution in [0.1, 0.15) is 11.1 Å². The standard InChI is InChI=1S/C21H19NO6S2/c1-24-15-7-5-13(18(25-2)19(15)26-3)9-17-20(23)22(21(29)30-17)10-12-4-6-14-16(8-12)28-11-27-14/h4-9H,10-11H2,1-3H3. The van der Waals surface area contributed by atoms with Crippen LogP contribution in [0.15, 0.2) is 35.2 Å². The number of fused-ring (bicyclic) bond motifs is 1. The molecule has 0 atom stereocenters. The van der Waals surface area contributed by atoms with Crippen molar-refractivity contribution in [2.75, 3.05) is 28.1 Å². The summed E-state index contributed by atoms with van der Waals surface area (Å²) >= 11 is 6.70. The van der Waals surface area contributed by atoms with Crippen molar-refractivity contribution < 1.29 is 28.5 Å². The molecule has 2 aliphatic rings. The van der Waals surface area contributed by atoms with Gasteiger partial charge in [-0.3, -0.25) is 9.69 Å². The molecule has 1 saturated heterocycles. The topological polar surface area (TPSA) is 66.5 Å². The van der Waals surface area contributed by atoms with E-state index in [4.69, 9.17) is 35.9 Å². The molecule has 4 rings (SSSR count). The van der Waals surface area contributed by atoms with E-state index in [9.17, 15) is 4.79 Å². The smallest absolute Gasteiger partial charge is 0.266 e. The van der Waals surface area contributed by atoms with E-state index >= 15 is 0 Å². The van der Waals surface area contributed by atoms with Gasteiger partial charge in [-0.1, -0.05) is 30.0 Å². The van der Waals surface area contributed by atoms with E-state index in [2.05, 4.69) is 0 Å². The summed E-state index contributed by atoms with van der Waals surface area (Å²) in [5.41, 5.74) is 1.60. The Kier molecular flexibility index (Phi) is 5.74. The predicted molar refractivity (Wildman–Crippen MR) is 117 cm³/mol. The molecule has 0 N–H and O–H groups in total. The number of nitrogens with zero attached hydrogens (tertiary/aromatic N) is 1. The quantitative estimate of drug-likeness (QED) is 0.491. The maximum Gasteiger partial charge on any atom is 0.266 e. The van der Waals surface area contributed by atoms with E-state index in [1.165, 1.54) is 18.9 Å². The molecule has 0 aliphatic carbocycles. The van der Waals surface area contributed by atoms with Crippen molar-refractivity contribution in [3.8, 4) is 28.7 Å². The van der Waals surface area contributed by atoms with Crippen LogP contribution in [0, 0.1) is 0 Å². The lowest BCUT2D eigenvalue weighted by atomic mass is 10.1. The minimum atomic E-state index is -0.167. The summed E-state index contributed by atoms with van der Waals surface area (Å²) < 4.78 is 27.5. The highest BCUT2D eigenvalue weighted by atomic mass is 32.2. The summed E-state index contributed by atoms with van der Waals surface area (Å²) in [6, 6.07) is 9.17. The fourth-order valence-electron chi connectivity index (χ4n) is 3.24. The van der Waals surface area contributed by atoms with E-state index in [0.29, 0.717) is 50.1 Å². The highest BCUT2D eigenvalue weighted by molar-refractivity contribution is 8.26. The molecule has 2 aliphatic heterocycles. The van der Waals surface area contributed by atoms with Gasteiger partial charge in [0, 0.05) is 5.56 Å². The fourth-order valence-corrected chi connectivity index (χ4v) is 4.48. The molecule has 1 fully saturated rings. The van der Waals surface area contributed by atoms with Crippen molar-refractivity contribution in [3.63, 3.8) is 0 Å². The summed E-state index contributed by atoms with van der Waals surface area (Å²) in [5, 5.41) is 0. The molecule has 2 heterocycles. The molecule has 0 bridgehead atoms. The lowest BCUT2D eigenvalue weighted by Gasteiger charge is -2.15.